The molecule has 1 saturated heterocycles. The molecule has 0 spiro atoms. The van der Waals surface area contributed by atoms with Crippen LogP contribution in [0.3, 0.4) is 0 Å². The zero-order chi connectivity index (χ0) is 24.3. The monoisotopic (exact) mass is 496 g/mol. The number of hydrogen-bond donors (Lipinski definition) is 1. The smallest absolute Gasteiger partial charge is 0.237 e. The van der Waals surface area contributed by atoms with Gasteiger partial charge in [0.1, 0.15) is 0 Å². The van der Waals surface area contributed by atoms with Crippen LogP contribution in [-0.2, 0) is 11.3 Å². The number of aromatic nitrogens is 4. The van der Waals surface area contributed by atoms with Crippen LogP contribution in [0.4, 0.5) is 11.4 Å². The van der Waals surface area contributed by atoms with Crippen molar-refractivity contribution in [2.24, 2.45) is 0 Å². The lowest BCUT2D eigenvalue weighted by molar-refractivity contribution is -0.113. The van der Waals surface area contributed by atoms with Gasteiger partial charge < -0.3 is 14.8 Å². The van der Waals surface area contributed by atoms with Gasteiger partial charge in [0.15, 0.2) is 5.16 Å². The molecule has 0 aliphatic carbocycles. The van der Waals surface area contributed by atoms with E-state index >= 15 is 0 Å². The van der Waals surface area contributed by atoms with E-state index in [0.29, 0.717) is 11.7 Å². The second kappa shape index (κ2) is 10.1. The van der Waals surface area contributed by atoms with Crippen molar-refractivity contribution in [2.45, 2.75) is 31.0 Å². The van der Waals surface area contributed by atoms with Gasteiger partial charge in [-0.2, -0.15) is 0 Å². The summed E-state index contributed by atoms with van der Waals surface area (Å²) in [5.74, 6) is 0.987. The standard InChI is InChI=1S/C28H28N6OS/c35-26(29-22-13-5-6-14-23(22)32-17-9-2-10-18-32)20-36-28-31-30-27-33(19-21-11-3-1-4-12-21)24-15-7-8-16-25(24)34(27)28/h1,3-8,11-16H,2,9-10,17-20H2,(H,29,35). The number of benzene rings is 3. The third-order valence-electron chi connectivity index (χ3n) is 6.66. The lowest BCUT2D eigenvalue weighted by atomic mass is 10.1. The molecule has 1 fully saturated rings. The Kier molecular flexibility index (Phi) is 6.34. The molecule has 3 aromatic carbocycles. The van der Waals surface area contributed by atoms with Crippen LogP contribution in [0.15, 0.2) is 84.0 Å². The molecular weight excluding hydrogens is 468 g/mol. The first-order chi connectivity index (χ1) is 17.8. The minimum absolute atomic E-state index is 0.0470. The summed E-state index contributed by atoms with van der Waals surface area (Å²) < 4.78 is 4.23. The van der Waals surface area contributed by atoms with Gasteiger partial charge in [0, 0.05) is 13.1 Å². The topological polar surface area (TPSA) is 67.5 Å². The Balaban J connectivity index is 1.23. The molecule has 0 atom stereocenters. The van der Waals surface area contributed by atoms with Gasteiger partial charge in [-0.1, -0.05) is 66.4 Å². The number of piperidine rings is 1. The number of nitrogens with zero attached hydrogens (tertiary/aromatic N) is 5. The third-order valence-corrected chi connectivity index (χ3v) is 7.59. The Morgan fingerprint density at radius 1 is 0.833 bits per heavy atom. The molecule has 0 bridgehead atoms. The number of rotatable bonds is 7. The number of hydrogen-bond acceptors (Lipinski definition) is 5. The first-order valence-corrected chi connectivity index (χ1v) is 13.4. The van der Waals surface area contributed by atoms with Crippen LogP contribution in [0.5, 0.6) is 0 Å². The molecule has 1 N–H and O–H groups in total. The highest BCUT2D eigenvalue weighted by atomic mass is 32.2. The van der Waals surface area contributed by atoms with E-state index in [0.717, 1.165) is 41.3 Å². The predicted octanol–water partition coefficient (Wildman–Crippen LogP) is 5.45. The van der Waals surface area contributed by atoms with E-state index in [-0.39, 0.29) is 11.7 Å². The summed E-state index contributed by atoms with van der Waals surface area (Å²) in [6, 6.07) is 26.7. The van der Waals surface area contributed by atoms with Gasteiger partial charge >= 0.3 is 0 Å². The summed E-state index contributed by atoms with van der Waals surface area (Å²) in [5, 5.41) is 12.8. The molecule has 2 aromatic heterocycles. The second-order valence-electron chi connectivity index (χ2n) is 9.08. The Labute approximate surface area is 214 Å². The van der Waals surface area contributed by atoms with E-state index in [9.17, 15) is 4.79 Å². The number of imidazole rings is 1. The summed E-state index contributed by atoms with van der Waals surface area (Å²) in [7, 11) is 0. The Morgan fingerprint density at radius 2 is 1.56 bits per heavy atom. The quantitative estimate of drug-likeness (QED) is 0.303. The number of para-hydroxylation sites is 4. The molecule has 1 amide bonds. The number of thioether (sulfide) groups is 1. The molecule has 8 heteroatoms. The predicted molar refractivity (Wildman–Crippen MR) is 146 cm³/mol. The molecule has 6 rings (SSSR count). The Bertz CT molecular complexity index is 1500. The highest BCUT2D eigenvalue weighted by Crippen LogP contribution is 2.30. The van der Waals surface area contributed by atoms with E-state index in [4.69, 9.17) is 0 Å². The van der Waals surface area contributed by atoms with Crippen molar-refractivity contribution in [1.29, 1.82) is 0 Å². The van der Waals surface area contributed by atoms with Gasteiger partial charge in [-0.05, 0) is 49.1 Å². The van der Waals surface area contributed by atoms with Crippen molar-refractivity contribution in [3.8, 4) is 0 Å². The molecule has 0 radical (unpaired) electrons. The Hall–Kier alpha value is -3.78. The summed E-state index contributed by atoms with van der Waals surface area (Å²) >= 11 is 1.41. The van der Waals surface area contributed by atoms with Gasteiger partial charge in [0.2, 0.25) is 11.7 Å². The number of carbonyl (C=O) groups is 1. The first-order valence-electron chi connectivity index (χ1n) is 12.4. The second-order valence-corrected chi connectivity index (χ2v) is 10.0. The summed E-state index contributed by atoms with van der Waals surface area (Å²) in [6.07, 6.45) is 3.66. The van der Waals surface area contributed by atoms with Crippen LogP contribution in [0.25, 0.3) is 16.8 Å². The number of fused-ring (bicyclic) bond motifs is 3. The van der Waals surface area contributed by atoms with E-state index in [1.165, 1.54) is 36.6 Å². The fourth-order valence-corrected chi connectivity index (χ4v) is 5.70. The zero-order valence-electron chi connectivity index (χ0n) is 20.0. The lowest BCUT2D eigenvalue weighted by Crippen LogP contribution is -2.30. The minimum atomic E-state index is -0.0470. The molecule has 5 aromatic rings. The highest BCUT2D eigenvalue weighted by molar-refractivity contribution is 7.99. The number of anilines is 2. The largest absolute Gasteiger partial charge is 0.370 e. The van der Waals surface area contributed by atoms with Crippen molar-refractivity contribution in [1.82, 2.24) is 19.2 Å². The van der Waals surface area contributed by atoms with E-state index < -0.39 is 0 Å². The molecule has 36 heavy (non-hydrogen) atoms. The summed E-state index contributed by atoms with van der Waals surface area (Å²) in [6.45, 7) is 2.77. The number of amides is 1. The normalized spacial score (nSPS) is 13.9. The fourth-order valence-electron chi connectivity index (χ4n) is 4.96. The van der Waals surface area contributed by atoms with Gasteiger partial charge in [-0.25, -0.2) is 0 Å². The van der Waals surface area contributed by atoms with Crippen LogP contribution in [0.1, 0.15) is 24.8 Å². The third kappa shape index (κ3) is 4.44. The summed E-state index contributed by atoms with van der Waals surface area (Å²) in [4.78, 5) is 15.3. The molecule has 182 valence electrons. The van der Waals surface area contributed by atoms with Crippen molar-refractivity contribution in [2.75, 3.05) is 29.1 Å². The fraction of sp³-hybridized carbons (Fsp3) is 0.250. The number of nitrogens with one attached hydrogen (secondary N) is 1. The van der Waals surface area contributed by atoms with Crippen LogP contribution < -0.4 is 10.2 Å². The first kappa shape index (κ1) is 22.7. The molecule has 0 saturated carbocycles. The van der Waals surface area contributed by atoms with Crippen LogP contribution in [0.2, 0.25) is 0 Å². The van der Waals surface area contributed by atoms with Crippen molar-refractivity contribution in [3.63, 3.8) is 0 Å². The SMILES string of the molecule is O=C(CSc1nnc2n(Cc3ccccc3)c3ccccc3n12)Nc1ccccc1N1CCCCC1. The van der Waals surface area contributed by atoms with Gasteiger partial charge in [0.05, 0.1) is 34.7 Å². The maximum absolute atomic E-state index is 13.0. The molecule has 1 aliphatic rings. The lowest BCUT2D eigenvalue weighted by Gasteiger charge is -2.30. The average molecular weight is 497 g/mol. The van der Waals surface area contributed by atoms with Gasteiger partial charge in [0.25, 0.3) is 0 Å². The molecular formula is C28H28N6OS. The molecule has 0 unspecified atom stereocenters. The van der Waals surface area contributed by atoms with Crippen molar-refractivity contribution < 1.29 is 4.79 Å². The maximum Gasteiger partial charge on any atom is 0.237 e. The minimum Gasteiger partial charge on any atom is -0.370 e. The van der Waals surface area contributed by atoms with E-state index in [1.54, 1.807) is 0 Å². The van der Waals surface area contributed by atoms with Gasteiger partial charge in [-0.15, -0.1) is 10.2 Å². The summed E-state index contributed by atoms with van der Waals surface area (Å²) in [5.41, 5.74) is 5.30. The highest BCUT2D eigenvalue weighted by Gasteiger charge is 2.19. The van der Waals surface area contributed by atoms with E-state index in [2.05, 4.69) is 59.7 Å². The van der Waals surface area contributed by atoms with Crippen LogP contribution >= 0.6 is 11.8 Å². The molecule has 7 nitrogen and oxygen atoms in total. The zero-order valence-corrected chi connectivity index (χ0v) is 20.8. The molecule has 3 heterocycles. The van der Waals surface area contributed by atoms with Crippen LogP contribution in [-0.4, -0.2) is 43.9 Å². The molecule has 1 aliphatic heterocycles. The van der Waals surface area contributed by atoms with Crippen LogP contribution in [0, 0.1) is 0 Å². The van der Waals surface area contributed by atoms with Crippen molar-refractivity contribution in [3.05, 3.63) is 84.4 Å². The Morgan fingerprint density at radius 3 is 2.39 bits per heavy atom. The van der Waals surface area contributed by atoms with Gasteiger partial charge in [-0.3, -0.25) is 9.20 Å². The number of carbonyl (C=O) groups excluding carboxylic acids is 1. The maximum atomic E-state index is 13.0. The van der Waals surface area contributed by atoms with Crippen molar-refractivity contribution >= 4 is 45.9 Å². The average Bonchev–Trinajstić information content (AvgIpc) is 3.48. The van der Waals surface area contributed by atoms with E-state index in [1.807, 2.05) is 48.5 Å².